The van der Waals surface area contributed by atoms with Crippen molar-refractivity contribution in [3.8, 4) is 0 Å². The quantitative estimate of drug-likeness (QED) is 0.538. The minimum Gasteiger partial charge on any atom is -0.0625 e. The first-order chi connectivity index (χ1) is 6.84. The van der Waals surface area contributed by atoms with Crippen LogP contribution in [-0.4, -0.2) is 0 Å². The lowest BCUT2D eigenvalue weighted by molar-refractivity contribution is -0.00711. The number of hydrogen-bond acceptors (Lipinski definition) is 0. The van der Waals surface area contributed by atoms with Gasteiger partial charge in [0.15, 0.2) is 0 Å². The highest BCUT2D eigenvalue weighted by molar-refractivity contribution is 4.94. The fraction of sp³-hybridized carbons (Fsp3) is 1.00. The Morgan fingerprint density at radius 1 is 0.714 bits per heavy atom. The Kier molecular flexibility index (Phi) is 2.34. The van der Waals surface area contributed by atoms with E-state index in [1.807, 2.05) is 0 Å². The average molecular weight is 192 g/mol. The van der Waals surface area contributed by atoms with E-state index in [-0.39, 0.29) is 0 Å². The molecule has 0 aliphatic heterocycles. The number of hydrogen-bond donors (Lipinski definition) is 0. The van der Waals surface area contributed by atoms with E-state index in [1.165, 1.54) is 5.92 Å². The first-order valence-electron chi connectivity index (χ1n) is 6.84. The molecule has 3 aliphatic carbocycles. The molecule has 0 saturated heterocycles. The summed E-state index contributed by atoms with van der Waals surface area (Å²) in [5, 5.41) is 0. The Balaban J connectivity index is 1.82. The number of rotatable bonds is 0. The average Bonchev–Trinajstić information content (AvgIpc) is 2.18. The first kappa shape index (κ1) is 9.24. The van der Waals surface area contributed by atoms with E-state index in [2.05, 4.69) is 6.92 Å². The summed E-state index contributed by atoms with van der Waals surface area (Å²) < 4.78 is 0. The molecule has 0 nitrogen and oxygen atoms in total. The van der Waals surface area contributed by atoms with Crippen molar-refractivity contribution in [3.05, 3.63) is 0 Å². The largest absolute Gasteiger partial charge is 0.0625 e. The standard InChI is InChI=1S/C14H24/c1-10-8-12-6-2-4-11-5-3-7-13(9-10)14(11)12/h10-14H,2-9H2,1H3. The van der Waals surface area contributed by atoms with Crippen LogP contribution in [0.3, 0.4) is 0 Å². The molecule has 80 valence electrons. The third-order valence-corrected chi connectivity index (χ3v) is 5.34. The van der Waals surface area contributed by atoms with Gasteiger partial charge in [-0.2, -0.15) is 0 Å². The predicted octanol–water partition coefficient (Wildman–Crippen LogP) is 4.25. The van der Waals surface area contributed by atoms with E-state index in [1.54, 1.807) is 51.4 Å². The molecule has 2 atom stereocenters. The maximum absolute atomic E-state index is 2.49. The highest BCUT2D eigenvalue weighted by Crippen LogP contribution is 2.53. The maximum Gasteiger partial charge on any atom is -0.0329 e. The zero-order valence-electron chi connectivity index (χ0n) is 9.54. The van der Waals surface area contributed by atoms with E-state index in [4.69, 9.17) is 0 Å². The molecule has 0 amide bonds. The summed E-state index contributed by atoms with van der Waals surface area (Å²) in [6.07, 6.45) is 12.5. The van der Waals surface area contributed by atoms with Crippen molar-refractivity contribution in [3.63, 3.8) is 0 Å². The fourth-order valence-corrected chi connectivity index (χ4v) is 5.03. The Morgan fingerprint density at radius 2 is 1.21 bits per heavy atom. The van der Waals surface area contributed by atoms with Crippen molar-refractivity contribution >= 4 is 0 Å². The smallest absolute Gasteiger partial charge is 0.0329 e. The molecule has 2 unspecified atom stereocenters. The second kappa shape index (κ2) is 3.54. The second-order valence-electron chi connectivity index (χ2n) is 6.30. The van der Waals surface area contributed by atoms with Gasteiger partial charge in [0.1, 0.15) is 0 Å². The van der Waals surface area contributed by atoms with Gasteiger partial charge in [0, 0.05) is 0 Å². The third-order valence-electron chi connectivity index (χ3n) is 5.34. The molecule has 14 heavy (non-hydrogen) atoms. The fourth-order valence-electron chi connectivity index (χ4n) is 5.03. The summed E-state index contributed by atoms with van der Waals surface area (Å²) in [6, 6.07) is 0. The highest BCUT2D eigenvalue weighted by atomic mass is 14.5. The van der Waals surface area contributed by atoms with Crippen LogP contribution in [0.15, 0.2) is 0 Å². The molecule has 0 aromatic carbocycles. The van der Waals surface area contributed by atoms with Crippen molar-refractivity contribution in [1.29, 1.82) is 0 Å². The van der Waals surface area contributed by atoms with Gasteiger partial charge in [-0.15, -0.1) is 0 Å². The zero-order valence-corrected chi connectivity index (χ0v) is 9.54. The van der Waals surface area contributed by atoms with Crippen molar-refractivity contribution in [2.24, 2.45) is 29.6 Å². The Labute approximate surface area is 88.5 Å². The lowest BCUT2D eigenvalue weighted by Crippen LogP contribution is -2.41. The van der Waals surface area contributed by atoms with Crippen molar-refractivity contribution < 1.29 is 0 Å². The summed E-state index contributed by atoms with van der Waals surface area (Å²) in [5.74, 6) is 5.65. The molecule has 3 rings (SSSR count). The van der Waals surface area contributed by atoms with Gasteiger partial charge in [-0.1, -0.05) is 45.4 Å². The molecule has 0 spiro atoms. The van der Waals surface area contributed by atoms with Crippen LogP contribution in [0.25, 0.3) is 0 Å². The van der Waals surface area contributed by atoms with E-state index < -0.39 is 0 Å². The maximum atomic E-state index is 2.49. The van der Waals surface area contributed by atoms with Gasteiger partial charge in [-0.25, -0.2) is 0 Å². The van der Waals surface area contributed by atoms with Gasteiger partial charge in [0.05, 0.1) is 0 Å². The zero-order chi connectivity index (χ0) is 9.54. The van der Waals surface area contributed by atoms with Gasteiger partial charge in [0.2, 0.25) is 0 Å². The molecule has 0 aromatic heterocycles. The lowest BCUT2D eigenvalue weighted by atomic mass is 9.55. The minimum atomic E-state index is 1.04. The molecule has 0 radical (unpaired) electrons. The van der Waals surface area contributed by atoms with E-state index in [0.29, 0.717) is 0 Å². The van der Waals surface area contributed by atoms with Crippen LogP contribution < -0.4 is 0 Å². The molecule has 0 heteroatoms. The normalized spacial score (nSPS) is 52.5. The predicted molar refractivity (Wildman–Crippen MR) is 60.1 cm³/mol. The molecule has 3 saturated carbocycles. The molecule has 0 heterocycles. The SMILES string of the molecule is CC1CC2CCCC3CCCC(C1)C32. The lowest BCUT2D eigenvalue weighted by Gasteiger charge is -2.51. The topological polar surface area (TPSA) is 0 Å². The third kappa shape index (κ3) is 1.42. The van der Waals surface area contributed by atoms with Crippen molar-refractivity contribution in [2.45, 2.75) is 58.3 Å². The second-order valence-corrected chi connectivity index (χ2v) is 6.30. The van der Waals surface area contributed by atoms with E-state index in [0.717, 1.165) is 23.7 Å². The molecular weight excluding hydrogens is 168 g/mol. The Hall–Kier alpha value is 0. The first-order valence-corrected chi connectivity index (χ1v) is 6.84. The molecular formula is C14H24. The highest BCUT2D eigenvalue weighted by Gasteiger charge is 2.43. The van der Waals surface area contributed by atoms with Crippen molar-refractivity contribution in [2.75, 3.05) is 0 Å². The van der Waals surface area contributed by atoms with E-state index >= 15 is 0 Å². The summed E-state index contributed by atoms with van der Waals surface area (Å²) in [6.45, 7) is 2.49. The molecule has 0 bridgehead atoms. The van der Waals surface area contributed by atoms with Crippen LogP contribution in [0.5, 0.6) is 0 Å². The van der Waals surface area contributed by atoms with Gasteiger partial charge in [0.25, 0.3) is 0 Å². The van der Waals surface area contributed by atoms with Gasteiger partial charge in [-0.3, -0.25) is 0 Å². The van der Waals surface area contributed by atoms with Crippen LogP contribution in [-0.2, 0) is 0 Å². The Bertz CT molecular complexity index is 188. The molecule has 3 aliphatic rings. The summed E-state index contributed by atoms with van der Waals surface area (Å²) in [7, 11) is 0. The van der Waals surface area contributed by atoms with Crippen molar-refractivity contribution in [1.82, 2.24) is 0 Å². The summed E-state index contributed by atoms with van der Waals surface area (Å²) in [5.41, 5.74) is 0. The van der Waals surface area contributed by atoms with Gasteiger partial charge in [-0.05, 0) is 42.4 Å². The summed E-state index contributed by atoms with van der Waals surface area (Å²) in [4.78, 5) is 0. The minimum absolute atomic E-state index is 1.04. The molecule has 3 fully saturated rings. The molecule has 0 N–H and O–H groups in total. The van der Waals surface area contributed by atoms with E-state index in [9.17, 15) is 0 Å². The molecule has 0 aromatic rings. The van der Waals surface area contributed by atoms with Crippen LogP contribution in [0.1, 0.15) is 58.3 Å². The van der Waals surface area contributed by atoms with Crippen LogP contribution in [0.4, 0.5) is 0 Å². The Morgan fingerprint density at radius 3 is 1.79 bits per heavy atom. The van der Waals surface area contributed by atoms with Crippen LogP contribution >= 0.6 is 0 Å². The van der Waals surface area contributed by atoms with Gasteiger partial charge < -0.3 is 0 Å². The van der Waals surface area contributed by atoms with Crippen LogP contribution in [0.2, 0.25) is 0 Å². The summed E-state index contributed by atoms with van der Waals surface area (Å²) >= 11 is 0. The van der Waals surface area contributed by atoms with Gasteiger partial charge >= 0.3 is 0 Å². The van der Waals surface area contributed by atoms with Crippen LogP contribution in [0, 0.1) is 29.6 Å². The monoisotopic (exact) mass is 192 g/mol.